The highest BCUT2D eigenvalue weighted by Gasteiger charge is 2.19. The van der Waals surface area contributed by atoms with Crippen LogP contribution in [0.2, 0.25) is 0 Å². The first kappa shape index (κ1) is 26.2. The Morgan fingerprint density at radius 3 is 1.43 bits per heavy atom. The van der Waals surface area contributed by atoms with Gasteiger partial charge in [-0.15, -0.1) is 0 Å². The summed E-state index contributed by atoms with van der Waals surface area (Å²) < 4.78 is 0. The third kappa shape index (κ3) is 4.41. The molecule has 0 aliphatic carbocycles. The van der Waals surface area contributed by atoms with E-state index in [0.717, 1.165) is 33.2 Å². The third-order valence-electron chi connectivity index (χ3n) is 8.87. The van der Waals surface area contributed by atoms with Crippen LogP contribution in [-0.4, -0.2) is 15.0 Å². The van der Waals surface area contributed by atoms with Gasteiger partial charge in [-0.1, -0.05) is 146 Å². The van der Waals surface area contributed by atoms with E-state index in [2.05, 4.69) is 127 Å². The summed E-state index contributed by atoms with van der Waals surface area (Å²) in [4.78, 5) is 15.4. The van der Waals surface area contributed by atoms with Crippen molar-refractivity contribution in [3.63, 3.8) is 0 Å². The molecule has 0 unspecified atom stereocenters. The monoisotopic (exact) mass is 585 g/mol. The molecule has 9 aromatic rings. The molecule has 0 amide bonds. The predicted octanol–water partition coefficient (Wildman–Crippen LogP) is 11.2. The van der Waals surface area contributed by atoms with Gasteiger partial charge in [-0.25, -0.2) is 15.0 Å². The number of fused-ring (bicyclic) bond motifs is 7. The molecule has 214 valence electrons. The van der Waals surface area contributed by atoms with Crippen LogP contribution in [0.25, 0.3) is 88.4 Å². The number of benzene rings is 8. The molecule has 46 heavy (non-hydrogen) atoms. The Bertz CT molecular complexity index is 2520. The lowest BCUT2D eigenvalue weighted by Crippen LogP contribution is -2.01. The van der Waals surface area contributed by atoms with Crippen molar-refractivity contribution in [2.75, 3.05) is 0 Å². The first-order valence-electron chi connectivity index (χ1n) is 15.5. The second-order valence-electron chi connectivity index (χ2n) is 11.6. The van der Waals surface area contributed by atoms with E-state index in [9.17, 15) is 0 Å². The average Bonchev–Trinajstić information content (AvgIpc) is 3.15. The Morgan fingerprint density at radius 2 is 0.783 bits per heavy atom. The van der Waals surface area contributed by atoms with Crippen LogP contribution in [0.1, 0.15) is 0 Å². The molecular weight excluding hydrogens is 558 g/mol. The van der Waals surface area contributed by atoms with Crippen LogP contribution in [0.4, 0.5) is 0 Å². The third-order valence-corrected chi connectivity index (χ3v) is 8.87. The molecule has 0 fully saturated rings. The van der Waals surface area contributed by atoms with Gasteiger partial charge in [0.15, 0.2) is 17.5 Å². The maximum Gasteiger partial charge on any atom is 0.164 e. The van der Waals surface area contributed by atoms with E-state index in [4.69, 9.17) is 15.0 Å². The Kier molecular flexibility index (Phi) is 6.14. The van der Waals surface area contributed by atoms with E-state index >= 15 is 0 Å². The number of rotatable bonds is 4. The average molecular weight is 586 g/mol. The van der Waals surface area contributed by atoms with E-state index in [-0.39, 0.29) is 0 Å². The fraction of sp³-hybridized carbons (Fsp3) is 0. The molecular formula is C43H27N3. The summed E-state index contributed by atoms with van der Waals surface area (Å²) in [5, 5.41) is 9.59. The van der Waals surface area contributed by atoms with Gasteiger partial charge in [0.25, 0.3) is 0 Å². The van der Waals surface area contributed by atoms with Crippen molar-refractivity contribution in [1.29, 1.82) is 0 Å². The Morgan fingerprint density at radius 1 is 0.283 bits per heavy atom. The van der Waals surface area contributed by atoms with Crippen LogP contribution in [-0.2, 0) is 0 Å². The summed E-state index contributed by atoms with van der Waals surface area (Å²) in [5.74, 6) is 1.96. The summed E-state index contributed by atoms with van der Waals surface area (Å²) in [6.07, 6.45) is 0. The van der Waals surface area contributed by atoms with E-state index in [0.29, 0.717) is 17.5 Å². The lowest BCUT2D eigenvalue weighted by molar-refractivity contribution is 1.08. The molecule has 0 radical (unpaired) electrons. The number of hydrogen-bond acceptors (Lipinski definition) is 3. The van der Waals surface area contributed by atoms with Crippen LogP contribution < -0.4 is 0 Å². The van der Waals surface area contributed by atoms with E-state index in [1.54, 1.807) is 0 Å². The zero-order valence-corrected chi connectivity index (χ0v) is 24.9. The highest BCUT2D eigenvalue weighted by Crippen LogP contribution is 2.42. The van der Waals surface area contributed by atoms with Gasteiger partial charge in [-0.2, -0.15) is 0 Å². The number of hydrogen-bond donors (Lipinski definition) is 0. The minimum atomic E-state index is 0.652. The van der Waals surface area contributed by atoms with Gasteiger partial charge in [0.2, 0.25) is 0 Å². The van der Waals surface area contributed by atoms with E-state index in [1.165, 1.54) is 37.7 Å². The molecule has 0 saturated carbocycles. The molecule has 0 spiro atoms. The number of nitrogens with zero attached hydrogens (tertiary/aromatic N) is 3. The van der Waals surface area contributed by atoms with Crippen molar-refractivity contribution in [3.8, 4) is 45.3 Å². The SMILES string of the molecule is c1ccc(-c2nc(-c3ccccc3)nc(-c3cc(-c4ccc5ccccc5c4)cc4c5ccccc5c5ccccc5c34)n2)cc1. The minimum Gasteiger partial charge on any atom is -0.208 e. The van der Waals surface area contributed by atoms with Gasteiger partial charge in [0, 0.05) is 22.1 Å². The molecule has 3 heteroatoms. The largest absolute Gasteiger partial charge is 0.208 e. The summed E-state index contributed by atoms with van der Waals surface area (Å²) >= 11 is 0. The summed E-state index contributed by atoms with van der Waals surface area (Å²) in [6.45, 7) is 0. The molecule has 0 aliphatic rings. The molecule has 0 atom stereocenters. The predicted molar refractivity (Wildman–Crippen MR) is 192 cm³/mol. The minimum absolute atomic E-state index is 0.652. The van der Waals surface area contributed by atoms with Crippen molar-refractivity contribution < 1.29 is 0 Å². The molecule has 8 aromatic carbocycles. The van der Waals surface area contributed by atoms with Gasteiger partial charge in [-0.3, -0.25) is 0 Å². The first-order chi connectivity index (χ1) is 22.8. The summed E-state index contributed by atoms with van der Waals surface area (Å²) in [7, 11) is 0. The van der Waals surface area contributed by atoms with Crippen LogP contribution >= 0.6 is 0 Å². The zero-order chi connectivity index (χ0) is 30.5. The van der Waals surface area contributed by atoms with E-state index in [1.807, 2.05) is 36.4 Å². The van der Waals surface area contributed by atoms with Crippen molar-refractivity contribution in [2.24, 2.45) is 0 Å². The highest BCUT2D eigenvalue weighted by atomic mass is 15.0. The maximum absolute atomic E-state index is 5.20. The normalized spacial score (nSPS) is 11.5. The van der Waals surface area contributed by atoms with Crippen molar-refractivity contribution in [2.45, 2.75) is 0 Å². The van der Waals surface area contributed by atoms with Gasteiger partial charge in [0.05, 0.1) is 0 Å². The first-order valence-corrected chi connectivity index (χ1v) is 15.5. The van der Waals surface area contributed by atoms with Gasteiger partial charge >= 0.3 is 0 Å². The quantitative estimate of drug-likeness (QED) is 0.193. The van der Waals surface area contributed by atoms with Gasteiger partial charge in [-0.05, 0) is 67.0 Å². The van der Waals surface area contributed by atoms with Crippen LogP contribution in [0.3, 0.4) is 0 Å². The second-order valence-corrected chi connectivity index (χ2v) is 11.6. The molecule has 1 aromatic heterocycles. The van der Waals surface area contributed by atoms with Crippen LogP contribution in [0, 0.1) is 0 Å². The Balaban J connectivity index is 1.42. The van der Waals surface area contributed by atoms with Crippen molar-refractivity contribution >= 4 is 43.1 Å². The maximum atomic E-state index is 5.20. The molecule has 0 saturated heterocycles. The Labute approximate surface area is 266 Å². The van der Waals surface area contributed by atoms with E-state index < -0.39 is 0 Å². The highest BCUT2D eigenvalue weighted by molar-refractivity contribution is 6.28. The molecule has 0 bridgehead atoms. The molecule has 0 N–H and O–H groups in total. The zero-order valence-electron chi connectivity index (χ0n) is 24.9. The summed E-state index contributed by atoms with van der Waals surface area (Å²) in [6, 6.07) is 57.6. The van der Waals surface area contributed by atoms with Crippen LogP contribution in [0.15, 0.2) is 164 Å². The summed E-state index contributed by atoms with van der Waals surface area (Å²) in [5.41, 5.74) is 5.16. The van der Waals surface area contributed by atoms with Crippen molar-refractivity contribution in [3.05, 3.63) is 164 Å². The number of aromatic nitrogens is 3. The Hall–Kier alpha value is -6.19. The lowest BCUT2D eigenvalue weighted by atomic mass is 9.88. The molecule has 3 nitrogen and oxygen atoms in total. The smallest absolute Gasteiger partial charge is 0.164 e. The van der Waals surface area contributed by atoms with Crippen molar-refractivity contribution in [1.82, 2.24) is 15.0 Å². The fourth-order valence-corrected chi connectivity index (χ4v) is 6.67. The topological polar surface area (TPSA) is 38.7 Å². The van der Waals surface area contributed by atoms with Gasteiger partial charge < -0.3 is 0 Å². The lowest BCUT2D eigenvalue weighted by Gasteiger charge is -2.17. The standard InChI is InChI=1S/C43H27N3/c1-3-14-29(15-4-1)41-44-42(30-16-5-2-6-17-30)46-43(45-41)39-27-33(32-24-23-28-13-7-8-18-31(28)25-32)26-38-36-21-10-9-19-34(36)35-20-11-12-22-37(35)40(38)39/h1-27H. The fourth-order valence-electron chi connectivity index (χ4n) is 6.67. The van der Waals surface area contributed by atoms with Gasteiger partial charge in [0.1, 0.15) is 0 Å². The second kappa shape index (κ2) is 10.8. The molecule has 1 heterocycles. The molecule has 9 rings (SSSR count). The van der Waals surface area contributed by atoms with Crippen LogP contribution in [0.5, 0.6) is 0 Å². The molecule has 0 aliphatic heterocycles.